The van der Waals surface area contributed by atoms with Crippen molar-refractivity contribution in [2.75, 3.05) is 13.7 Å². The maximum Gasteiger partial charge on any atom is 0.229 e. The summed E-state index contributed by atoms with van der Waals surface area (Å²) >= 11 is 0. The lowest BCUT2D eigenvalue weighted by atomic mass is 9.62. The monoisotopic (exact) mass is 497 g/mol. The molecular weight excluding hydrogens is 462 g/mol. The Hall–Kier alpha value is -2.41. The largest absolute Gasteiger partial charge is 0.496 e. The molecule has 1 heterocycles. The second-order valence-corrected chi connectivity index (χ2v) is 10.3. The first-order valence-corrected chi connectivity index (χ1v) is 13.0. The van der Waals surface area contributed by atoms with Crippen LogP contribution in [0.15, 0.2) is 34.9 Å². The summed E-state index contributed by atoms with van der Waals surface area (Å²) in [6.07, 6.45) is 2.39. The van der Waals surface area contributed by atoms with Crippen molar-refractivity contribution in [1.82, 2.24) is 0 Å². The van der Waals surface area contributed by atoms with Gasteiger partial charge >= 0.3 is 0 Å². The van der Waals surface area contributed by atoms with E-state index in [1.807, 2.05) is 6.07 Å². The van der Waals surface area contributed by atoms with Gasteiger partial charge in [-0.15, -0.1) is 0 Å². The number of hydrogen-bond acceptors (Lipinski definition) is 8. The lowest BCUT2D eigenvalue weighted by Gasteiger charge is -2.43. The van der Waals surface area contributed by atoms with Crippen LogP contribution in [0, 0.1) is 23.2 Å². The highest BCUT2D eigenvalue weighted by Crippen LogP contribution is 2.53. The van der Waals surface area contributed by atoms with E-state index in [1.54, 1.807) is 30.4 Å². The summed E-state index contributed by atoms with van der Waals surface area (Å²) < 4.78 is 17.4. The van der Waals surface area contributed by atoms with Gasteiger partial charge in [-0.2, -0.15) is 5.26 Å². The zero-order chi connectivity index (χ0) is 25.4. The minimum atomic E-state index is -1.56. The highest BCUT2D eigenvalue weighted by Gasteiger charge is 2.45. The molecule has 1 aromatic rings. The van der Waals surface area contributed by atoms with Gasteiger partial charge in [0.05, 0.1) is 19.3 Å². The van der Waals surface area contributed by atoms with Crippen LogP contribution in [0.1, 0.15) is 62.5 Å². The molecule has 1 aromatic carbocycles. The summed E-state index contributed by atoms with van der Waals surface area (Å²) in [5.41, 5.74) is 5.61. The Balaban J connectivity index is 1.51. The topological polar surface area (TPSA) is 132 Å². The van der Waals surface area contributed by atoms with Gasteiger partial charge in [-0.3, -0.25) is 0 Å². The summed E-state index contributed by atoms with van der Waals surface area (Å²) in [4.78, 5) is 0. The summed E-state index contributed by atoms with van der Waals surface area (Å²) in [5, 5.41) is 49.8. The highest BCUT2D eigenvalue weighted by molar-refractivity contribution is 5.68. The summed E-state index contributed by atoms with van der Waals surface area (Å²) in [5.74, 6) is 1.83. The number of rotatable bonds is 5. The number of aliphatic hydroxyl groups is 4. The molecule has 3 aliphatic carbocycles. The Kier molecular flexibility index (Phi) is 7.38. The Labute approximate surface area is 211 Å². The molecule has 4 unspecified atom stereocenters. The Morgan fingerprint density at radius 3 is 2.64 bits per heavy atom. The zero-order valence-electron chi connectivity index (χ0n) is 20.6. The number of aliphatic hydroxyl groups excluding tert-OH is 4. The Morgan fingerprint density at radius 2 is 1.89 bits per heavy atom. The van der Waals surface area contributed by atoms with Crippen LogP contribution < -0.4 is 4.74 Å². The standard InChI is InChI=1S/C28H35NO7/c1-34-27(23-16-6-4-8-20(23)19-7-3-2-5-15(19)11-16)17-9-10-18(13-29)21(12-17)35-28-26(33)25(32)24(31)22(14-30)36-28/h9-10,12,16,20,22,24-26,28,30-33H,2-8,11,14H2,1H3/b27-23+/t16?,20?,22?,24-,25-,26?,28+/m0/s1. The highest BCUT2D eigenvalue weighted by atomic mass is 16.7. The van der Waals surface area contributed by atoms with E-state index in [0.717, 1.165) is 37.0 Å². The first-order chi connectivity index (χ1) is 17.5. The fourth-order valence-corrected chi connectivity index (χ4v) is 6.57. The normalized spacial score (nSPS) is 35.5. The molecule has 5 rings (SSSR count). The molecule has 4 aliphatic rings. The van der Waals surface area contributed by atoms with Gasteiger partial charge in [0.2, 0.25) is 6.29 Å². The SMILES string of the molecule is CO/C(=C1\C2CCCC1C1=C(CCCC1)C2)c1ccc(C#N)c(O[C@@H]2OC(CO)[C@H](O)[C@H](O)C2O)c1. The van der Waals surface area contributed by atoms with E-state index in [-0.39, 0.29) is 11.3 Å². The molecule has 4 N–H and O–H groups in total. The number of nitrogens with zero attached hydrogens (tertiary/aromatic N) is 1. The number of fused-ring (bicyclic) bond motifs is 3. The molecule has 7 atom stereocenters. The Morgan fingerprint density at radius 1 is 1.08 bits per heavy atom. The van der Waals surface area contributed by atoms with Crippen LogP contribution >= 0.6 is 0 Å². The predicted molar refractivity (Wildman–Crippen MR) is 130 cm³/mol. The van der Waals surface area contributed by atoms with Gasteiger partial charge in [0.15, 0.2) is 0 Å². The fourth-order valence-electron chi connectivity index (χ4n) is 6.57. The molecule has 0 radical (unpaired) electrons. The van der Waals surface area contributed by atoms with Gasteiger partial charge in [0, 0.05) is 11.5 Å². The number of ether oxygens (including phenoxy) is 3. The van der Waals surface area contributed by atoms with Crippen LogP contribution in [-0.4, -0.2) is 64.8 Å². The molecule has 0 aromatic heterocycles. The van der Waals surface area contributed by atoms with Crippen molar-refractivity contribution in [3.63, 3.8) is 0 Å². The zero-order valence-corrected chi connectivity index (χ0v) is 20.6. The Bertz CT molecular complexity index is 1090. The van der Waals surface area contributed by atoms with Crippen molar-refractivity contribution < 1.29 is 34.6 Å². The number of benzene rings is 1. The van der Waals surface area contributed by atoms with Crippen molar-refractivity contribution >= 4 is 5.76 Å². The lowest BCUT2D eigenvalue weighted by molar-refractivity contribution is -0.277. The molecule has 36 heavy (non-hydrogen) atoms. The van der Waals surface area contributed by atoms with Gasteiger partial charge < -0.3 is 34.6 Å². The molecule has 0 spiro atoms. The third-order valence-corrected chi connectivity index (χ3v) is 8.32. The maximum absolute atomic E-state index is 10.4. The second-order valence-electron chi connectivity index (χ2n) is 10.3. The van der Waals surface area contributed by atoms with Gasteiger partial charge in [-0.25, -0.2) is 0 Å². The van der Waals surface area contributed by atoms with Crippen molar-refractivity contribution in [3.05, 3.63) is 46.0 Å². The van der Waals surface area contributed by atoms with Crippen molar-refractivity contribution in [2.24, 2.45) is 11.8 Å². The molecule has 8 heteroatoms. The smallest absolute Gasteiger partial charge is 0.229 e. The quantitative estimate of drug-likeness (QED) is 0.361. The molecular formula is C28H35NO7. The van der Waals surface area contributed by atoms with E-state index in [9.17, 15) is 25.7 Å². The summed E-state index contributed by atoms with van der Waals surface area (Å²) in [6, 6.07) is 7.32. The van der Waals surface area contributed by atoms with Crippen LogP contribution in [0.4, 0.5) is 0 Å². The maximum atomic E-state index is 10.4. The minimum Gasteiger partial charge on any atom is -0.496 e. The fraction of sp³-hybridized carbons (Fsp3) is 0.607. The van der Waals surface area contributed by atoms with E-state index in [2.05, 4.69) is 6.07 Å². The molecule has 194 valence electrons. The van der Waals surface area contributed by atoms with Crippen LogP contribution in [-0.2, 0) is 9.47 Å². The lowest BCUT2D eigenvalue weighted by Crippen LogP contribution is -2.60. The third kappa shape index (κ3) is 4.44. The molecule has 0 amide bonds. The summed E-state index contributed by atoms with van der Waals surface area (Å²) in [7, 11) is 1.68. The first-order valence-electron chi connectivity index (χ1n) is 13.0. The van der Waals surface area contributed by atoms with E-state index in [0.29, 0.717) is 11.8 Å². The summed E-state index contributed by atoms with van der Waals surface area (Å²) in [6.45, 7) is -0.559. The van der Waals surface area contributed by atoms with E-state index in [4.69, 9.17) is 14.2 Å². The van der Waals surface area contributed by atoms with Crippen LogP contribution in [0.25, 0.3) is 5.76 Å². The number of nitriles is 1. The molecule has 1 saturated carbocycles. The van der Waals surface area contributed by atoms with Crippen LogP contribution in [0.2, 0.25) is 0 Å². The average molecular weight is 498 g/mol. The third-order valence-electron chi connectivity index (χ3n) is 8.32. The minimum absolute atomic E-state index is 0.174. The van der Waals surface area contributed by atoms with E-state index < -0.39 is 37.3 Å². The van der Waals surface area contributed by atoms with Gasteiger partial charge in [0.25, 0.3) is 0 Å². The van der Waals surface area contributed by atoms with Crippen molar-refractivity contribution in [1.29, 1.82) is 5.26 Å². The molecule has 2 bridgehead atoms. The second kappa shape index (κ2) is 10.5. The van der Waals surface area contributed by atoms with Crippen molar-refractivity contribution in [2.45, 2.75) is 82.1 Å². The number of methoxy groups -OCH3 is 1. The molecule has 8 nitrogen and oxygen atoms in total. The van der Waals surface area contributed by atoms with Gasteiger partial charge in [-0.05, 0) is 74.6 Å². The van der Waals surface area contributed by atoms with Gasteiger partial charge in [-0.1, -0.05) is 17.6 Å². The molecule has 1 saturated heterocycles. The predicted octanol–water partition coefficient (Wildman–Crippen LogP) is 2.79. The molecule has 2 fully saturated rings. The number of allylic oxidation sites excluding steroid dienone is 3. The number of hydrogen-bond donors (Lipinski definition) is 4. The average Bonchev–Trinajstić information content (AvgIpc) is 2.90. The van der Waals surface area contributed by atoms with Crippen LogP contribution in [0.3, 0.4) is 0 Å². The van der Waals surface area contributed by atoms with Gasteiger partial charge in [0.1, 0.15) is 42.0 Å². The van der Waals surface area contributed by atoms with Crippen molar-refractivity contribution in [3.8, 4) is 11.8 Å². The van der Waals surface area contributed by atoms with E-state index in [1.165, 1.54) is 31.3 Å². The molecule has 1 aliphatic heterocycles. The van der Waals surface area contributed by atoms with Crippen LogP contribution in [0.5, 0.6) is 5.75 Å². The van der Waals surface area contributed by atoms with E-state index >= 15 is 0 Å². The first kappa shape index (κ1) is 25.2.